The van der Waals surface area contributed by atoms with Crippen molar-refractivity contribution in [2.24, 2.45) is 0 Å². The zero-order chi connectivity index (χ0) is 16.6. The van der Waals surface area contributed by atoms with E-state index >= 15 is 0 Å². The topological polar surface area (TPSA) is 47.6 Å². The number of hydrogen-bond donors (Lipinski definition) is 1. The molecule has 130 valence electrons. The maximum absolute atomic E-state index is 11.1. The fourth-order valence-electron chi connectivity index (χ4n) is 3.14. The summed E-state index contributed by atoms with van der Waals surface area (Å²) in [5, 5.41) is 2.96. The first-order chi connectivity index (χ1) is 10.3. The second-order valence-electron chi connectivity index (χ2n) is 7.50. The van der Waals surface area contributed by atoms with E-state index in [4.69, 9.17) is 9.16 Å². The number of alkyl carbamates (subject to hydrolysis) is 1. The van der Waals surface area contributed by atoms with Crippen LogP contribution in [0.25, 0.3) is 0 Å². The molecule has 4 nitrogen and oxygen atoms in total. The predicted molar refractivity (Wildman–Crippen MR) is 93.7 cm³/mol. The van der Waals surface area contributed by atoms with E-state index in [-0.39, 0.29) is 17.2 Å². The standard InChI is InChI=1S/C17H35NO3Si/c1-6-8-12-22(13-9-7-2,17(3,4)5)20-11-10-15-14-18-16(19)21-15/h15H,6-14H2,1-5H3,(H,18,19)/t15-/m0/s1. The number of hydrogen-bond acceptors (Lipinski definition) is 3. The SMILES string of the molecule is CCCC[Si](CCCC)(OCC[C@H]1CNC(=O)O1)C(C)(C)C. The molecule has 0 spiro atoms. The molecule has 1 N–H and O–H groups in total. The number of cyclic esters (lactones) is 1. The minimum atomic E-state index is -1.79. The predicted octanol–water partition coefficient (Wildman–Crippen LogP) is 4.85. The summed E-state index contributed by atoms with van der Waals surface area (Å²) in [7, 11) is -1.79. The molecule has 0 aliphatic carbocycles. The van der Waals surface area contributed by atoms with Crippen molar-refractivity contribution < 1.29 is 14.0 Å². The van der Waals surface area contributed by atoms with E-state index in [2.05, 4.69) is 39.9 Å². The molecule has 0 unspecified atom stereocenters. The van der Waals surface area contributed by atoms with E-state index < -0.39 is 8.32 Å². The van der Waals surface area contributed by atoms with Crippen molar-refractivity contribution in [3.63, 3.8) is 0 Å². The highest BCUT2D eigenvalue weighted by Crippen LogP contribution is 2.44. The summed E-state index contributed by atoms with van der Waals surface area (Å²) in [5.74, 6) is 0. The lowest BCUT2D eigenvalue weighted by molar-refractivity contribution is 0.121. The average molecular weight is 330 g/mol. The Hall–Kier alpha value is -0.553. The molecule has 1 aliphatic heterocycles. The van der Waals surface area contributed by atoms with Gasteiger partial charge in [0.15, 0.2) is 8.32 Å². The minimum absolute atomic E-state index is 0.0171. The van der Waals surface area contributed by atoms with Crippen molar-refractivity contribution in [1.82, 2.24) is 5.32 Å². The molecule has 0 aromatic carbocycles. The van der Waals surface area contributed by atoms with Crippen LogP contribution in [-0.4, -0.2) is 33.7 Å². The van der Waals surface area contributed by atoms with Crippen LogP contribution in [0.3, 0.4) is 0 Å². The maximum Gasteiger partial charge on any atom is 0.407 e. The van der Waals surface area contributed by atoms with Crippen LogP contribution < -0.4 is 5.32 Å². The van der Waals surface area contributed by atoms with E-state index in [1.54, 1.807) is 0 Å². The van der Waals surface area contributed by atoms with Gasteiger partial charge < -0.3 is 14.5 Å². The second-order valence-corrected chi connectivity index (χ2v) is 12.3. The molecule has 0 radical (unpaired) electrons. The third-order valence-electron chi connectivity index (χ3n) is 4.80. The molecule has 1 rings (SSSR count). The molecular formula is C17H35NO3Si. The van der Waals surface area contributed by atoms with Gasteiger partial charge in [0, 0.05) is 13.0 Å². The summed E-state index contributed by atoms with van der Waals surface area (Å²) < 4.78 is 11.8. The normalized spacial score (nSPS) is 19.1. The fourth-order valence-corrected chi connectivity index (χ4v) is 7.97. The molecule has 0 aromatic rings. The molecule has 1 amide bonds. The van der Waals surface area contributed by atoms with Crippen LogP contribution in [0.2, 0.25) is 17.1 Å². The van der Waals surface area contributed by atoms with Crippen molar-refractivity contribution in [3.8, 4) is 0 Å². The van der Waals surface area contributed by atoms with E-state index in [9.17, 15) is 4.79 Å². The maximum atomic E-state index is 11.1. The highest BCUT2D eigenvalue weighted by molar-refractivity contribution is 6.76. The summed E-state index contributed by atoms with van der Waals surface area (Å²) >= 11 is 0. The van der Waals surface area contributed by atoms with Crippen molar-refractivity contribution in [1.29, 1.82) is 0 Å². The molecule has 0 saturated carbocycles. The molecule has 5 heteroatoms. The Morgan fingerprint density at radius 2 is 1.82 bits per heavy atom. The lowest BCUT2D eigenvalue weighted by Crippen LogP contribution is -2.47. The molecule has 22 heavy (non-hydrogen) atoms. The Morgan fingerprint density at radius 3 is 2.23 bits per heavy atom. The summed E-state index contributed by atoms with van der Waals surface area (Å²) in [6.07, 6.45) is 5.47. The van der Waals surface area contributed by atoms with Crippen LogP contribution in [0, 0.1) is 0 Å². The van der Waals surface area contributed by atoms with Crippen LogP contribution >= 0.6 is 0 Å². The highest BCUT2D eigenvalue weighted by atomic mass is 28.4. The van der Waals surface area contributed by atoms with Crippen LogP contribution in [0.5, 0.6) is 0 Å². The zero-order valence-corrected chi connectivity index (χ0v) is 16.2. The monoisotopic (exact) mass is 329 g/mol. The Bertz CT molecular complexity index is 333. The van der Waals surface area contributed by atoms with Gasteiger partial charge in [-0.15, -0.1) is 0 Å². The summed E-state index contributed by atoms with van der Waals surface area (Å²) in [6.45, 7) is 12.9. The van der Waals surface area contributed by atoms with E-state index in [0.29, 0.717) is 6.54 Å². The molecule has 0 aromatic heterocycles. The molecule has 1 aliphatic rings. The van der Waals surface area contributed by atoms with E-state index in [1.807, 2.05) is 0 Å². The average Bonchev–Trinajstić information content (AvgIpc) is 2.85. The Morgan fingerprint density at radius 1 is 1.23 bits per heavy atom. The molecule has 1 heterocycles. The lowest BCUT2D eigenvalue weighted by atomic mass is 10.2. The molecule has 1 saturated heterocycles. The molecular weight excluding hydrogens is 294 g/mol. The van der Waals surface area contributed by atoms with Gasteiger partial charge in [0.1, 0.15) is 6.10 Å². The number of carbonyl (C=O) groups is 1. The number of unbranched alkanes of at least 4 members (excludes halogenated alkanes) is 2. The van der Waals surface area contributed by atoms with Gasteiger partial charge in [-0.25, -0.2) is 4.79 Å². The summed E-state index contributed by atoms with van der Waals surface area (Å²) in [6, 6.07) is 2.49. The van der Waals surface area contributed by atoms with Gasteiger partial charge in [-0.05, 0) is 17.1 Å². The first-order valence-electron chi connectivity index (χ1n) is 8.93. The number of rotatable bonds is 10. The smallest absolute Gasteiger partial charge is 0.407 e. The Labute approximate surface area is 137 Å². The molecule has 1 fully saturated rings. The lowest BCUT2D eigenvalue weighted by Gasteiger charge is -2.43. The molecule has 0 bridgehead atoms. The highest BCUT2D eigenvalue weighted by Gasteiger charge is 2.45. The summed E-state index contributed by atoms with van der Waals surface area (Å²) in [5.41, 5.74) is 0. The van der Waals surface area contributed by atoms with Gasteiger partial charge in [0.2, 0.25) is 0 Å². The Balaban J connectivity index is 2.63. The number of carbonyl (C=O) groups excluding carboxylic acids is 1. The Kier molecular flexibility index (Phi) is 7.90. The quantitative estimate of drug-likeness (QED) is 0.583. The van der Waals surface area contributed by atoms with Gasteiger partial charge in [-0.2, -0.15) is 0 Å². The van der Waals surface area contributed by atoms with Crippen LogP contribution in [-0.2, 0) is 9.16 Å². The van der Waals surface area contributed by atoms with E-state index in [0.717, 1.165) is 13.0 Å². The summed E-state index contributed by atoms with van der Waals surface area (Å²) in [4.78, 5) is 11.1. The first-order valence-corrected chi connectivity index (χ1v) is 11.3. The van der Waals surface area contributed by atoms with Crippen molar-refractivity contribution >= 4 is 14.4 Å². The zero-order valence-electron chi connectivity index (χ0n) is 15.2. The fraction of sp³-hybridized carbons (Fsp3) is 0.941. The van der Waals surface area contributed by atoms with Gasteiger partial charge in [-0.1, -0.05) is 60.3 Å². The van der Waals surface area contributed by atoms with Gasteiger partial charge >= 0.3 is 6.09 Å². The van der Waals surface area contributed by atoms with Crippen molar-refractivity contribution in [3.05, 3.63) is 0 Å². The van der Waals surface area contributed by atoms with Crippen LogP contribution in [0.4, 0.5) is 4.79 Å². The minimum Gasteiger partial charge on any atom is -0.444 e. The van der Waals surface area contributed by atoms with Crippen LogP contribution in [0.15, 0.2) is 0 Å². The third kappa shape index (κ3) is 5.58. The number of amides is 1. The van der Waals surface area contributed by atoms with Crippen molar-refractivity contribution in [2.45, 2.75) is 90.0 Å². The molecule has 1 atom stereocenters. The first kappa shape index (κ1) is 19.5. The van der Waals surface area contributed by atoms with Crippen molar-refractivity contribution in [2.75, 3.05) is 13.2 Å². The number of nitrogens with one attached hydrogen (secondary N) is 1. The van der Waals surface area contributed by atoms with Gasteiger partial charge in [-0.3, -0.25) is 0 Å². The number of ether oxygens (including phenoxy) is 1. The van der Waals surface area contributed by atoms with Crippen LogP contribution in [0.1, 0.15) is 66.7 Å². The second kappa shape index (κ2) is 8.92. The third-order valence-corrected chi connectivity index (χ3v) is 10.6. The van der Waals surface area contributed by atoms with E-state index in [1.165, 1.54) is 37.8 Å². The van der Waals surface area contributed by atoms with Gasteiger partial charge in [0.05, 0.1) is 6.54 Å². The largest absolute Gasteiger partial charge is 0.444 e. The van der Waals surface area contributed by atoms with Gasteiger partial charge in [0.25, 0.3) is 0 Å².